The summed E-state index contributed by atoms with van der Waals surface area (Å²) in [6.45, 7) is 1.95. The molecule has 0 bridgehead atoms. The summed E-state index contributed by atoms with van der Waals surface area (Å²) in [5.41, 5.74) is 2.19. The molecule has 0 atom stereocenters. The van der Waals surface area contributed by atoms with Crippen molar-refractivity contribution in [2.24, 2.45) is 7.05 Å². The van der Waals surface area contributed by atoms with Crippen molar-refractivity contribution in [3.8, 4) is 11.4 Å². The minimum Gasteiger partial charge on any atom is -0.465 e. The quantitative estimate of drug-likeness (QED) is 0.743. The largest absolute Gasteiger partial charge is 0.465 e. The minimum absolute atomic E-state index is 0.216. The predicted octanol–water partition coefficient (Wildman–Crippen LogP) is 1.67. The molecular weight excluding hydrogens is 296 g/mol. The van der Waals surface area contributed by atoms with Crippen LogP contribution >= 0.6 is 0 Å². The van der Waals surface area contributed by atoms with E-state index in [1.807, 2.05) is 6.92 Å². The number of nitrogens with zero attached hydrogens (tertiary/aromatic N) is 3. The normalized spacial score (nSPS) is 10.9. The number of aryl methyl sites for hydroxylation is 2. The fourth-order valence-electron chi connectivity index (χ4n) is 2.50. The van der Waals surface area contributed by atoms with Gasteiger partial charge in [-0.3, -0.25) is 4.79 Å². The van der Waals surface area contributed by atoms with Crippen LogP contribution in [-0.4, -0.2) is 32.8 Å². The van der Waals surface area contributed by atoms with Gasteiger partial charge in [-0.25, -0.2) is 14.5 Å². The first-order valence-electron chi connectivity index (χ1n) is 7.19. The van der Waals surface area contributed by atoms with Gasteiger partial charge in [0.25, 0.3) is 5.56 Å². The zero-order chi connectivity index (χ0) is 16.6. The number of methoxy groups -OCH3 is 1. The summed E-state index contributed by atoms with van der Waals surface area (Å²) in [6, 6.07) is 6.69. The van der Waals surface area contributed by atoms with Crippen LogP contribution in [-0.2, 0) is 18.2 Å². The maximum atomic E-state index is 12.4. The molecule has 0 aliphatic heterocycles. The molecule has 0 amide bonds. The Morgan fingerprint density at radius 3 is 2.61 bits per heavy atom. The van der Waals surface area contributed by atoms with E-state index in [1.165, 1.54) is 7.11 Å². The first-order valence-corrected chi connectivity index (χ1v) is 7.19. The molecule has 7 heteroatoms. The molecule has 118 valence electrons. The Bertz CT molecular complexity index is 938. The number of carbonyl (C=O) groups is 1. The summed E-state index contributed by atoms with van der Waals surface area (Å²) in [5.74, 6) is 0.0252. The molecule has 3 rings (SSSR count). The maximum Gasteiger partial charge on any atom is 0.337 e. The van der Waals surface area contributed by atoms with Crippen LogP contribution in [0.15, 0.2) is 29.1 Å². The van der Waals surface area contributed by atoms with E-state index < -0.39 is 5.97 Å². The molecule has 23 heavy (non-hydrogen) atoms. The van der Waals surface area contributed by atoms with Gasteiger partial charge < -0.3 is 9.72 Å². The Morgan fingerprint density at radius 2 is 2.00 bits per heavy atom. The molecule has 0 unspecified atom stereocenters. The Balaban J connectivity index is 2.12. The van der Waals surface area contributed by atoms with Gasteiger partial charge in [-0.1, -0.05) is 19.1 Å². The van der Waals surface area contributed by atoms with E-state index >= 15 is 0 Å². The number of H-pyrrole nitrogens is 1. The number of esters is 1. The molecule has 0 radical (unpaired) electrons. The molecule has 0 aliphatic rings. The molecule has 0 fully saturated rings. The molecule has 0 saturated heterocycles. The van der Waals surface area contributed by atoms with Crippen LogP contribution in [0.4, 0.5) is 0 Å². The lowest BCUT2D eigenvalue weighted by atomic mass is 10.1. The third-order valence-electron chi connectivity index (χ3n) is 3.68. The average Bonchev–Trinajstić information content (AvgIpc) is 2.91. The number of nitrogens with one attached hydrogen (secondary N) is 1. The second kappa shape index (κ2) is 5.68. The van der Waals surface area contributed by atoms with Crippen LogP contribution in [0.2, 0.25) is 0 Å². The third kappa shape index (κ3) is 2.50. The van der Waals surface area contributed by atoms with Crippen molar-refractivity contribution in [2.45, 2.75) is 13.3 Å². The standard InChI is InChI=1S/C16H16N4O3/c1-4-11-12-14(20(2)19-11)17-13(18-15(12)21)9-5-7-10(8-6-9)16(22)23-3/h5-8H,4H2,1-3H3,(H,17,18,21). The summed E-state index contributed by atoms with van der Waals surface area (Å²) in [7, 11) is 3.09. The van der Waals surface area contributed by atoms with Gasteiger partial charge in [-0.05, 0) is 18.6 Å². The monoisotopic (exact) mass is 312 g/mol. The molecule has 3 aromatic rings. The highest BCUT2D eigenvalue weighted by Gasteiger charge is 2.15. The van der Waals surface area contributed by atoms with Gasteiger partial charge in [0, 0.05) is 12.6 Å². The summed E-state index contributed by atoms with van der Waals surface area (Å²) in [6.07, 6.45) is 0.662. The van der Waals surface area contributed by atoms with Crippen molar-refractivity contribution in [2.75, 3.05) is 7.11 Å². The van der Waals surface area contributed by atoms with Crippen LogP contribution in [0.5, 0.6) is 0 Å². The first-order chi connectivity index (χ1) is 11.0. The molecule has 2 aromatic heterocycles. The number of aromatic amines is 1. The van der Waals surface area contributed by atoms with Crippen LogP contribution in [0.3, 0.4) is 0 Å². The van der Waals surface area contributed by atoms with Gasteiger partial charge >= 0.3 is 5.97 Å². The molecule has 0 saturated carbocycles. The van der Waals surface area contributed by atoms with Gasteiger partial charge in [-0.2, -0.15) is 5.10 Å². The lowest BCUT2D eigenvalue weighted by Gasteiger charge is -2.03. The van der Waals surface area contributed by atoms with Gasteiger partial charge in [0.2, 0.25) is 0 Å². The fraction of sp³-hybridized carbons (Fsp3) is 0.250. The Labute approximate surface area is 131 Å². The lowest BCUT2D eigenvalue weighted by molar-refractivity contribution is 0.0601. The van der Waals surface area contributed by atoms with E-state index in [4.69, 9.17) is 0 Å². The highest BCUT2D eigenvalue weighted by atomic mass is 16.5. The Kier molecular flexibility index (Phi) is 3.69. The van der Waals surface area contributed by atoms with Crippen molar-refractivity contribution >= 4 is 17.0 Å². The fourth-order valence-corrected chi connectivity index (χ4v) is 2.50. The van der Waals surface area contributed by atoms with E-state index in [0.29, 0.717) is 34.4 Å². The highest BCUT2D eigenvalue weighted by Crippen LogP contribution is 2.19. The van der Waals surface area contributed by atoms with E-state index in [-0.39, 0.29) is 5.56 Å². The van der Waals surface area contributed by atoms with E-state index in [2.05, 4.69) is 19.8 Å². The van der Waals surface area contributed by atoms with E-state index in [1.54, 1.807) is 36.0 Å². The second-order valence-corrected chi connectivity index (χ2v) is 5.11. The predicted molar refractivity (Wildman–Crippen MR) is 85.3 cm³/mol. The number of hydrogen-bond acceptors (Lipinski definition) is 5. The van der Waals surface area contributed by atoms with Gasteiger partial charge in [-0.15, -0.1) is 0 Å². The number of hydrogen-bond donors (Lipinski definition) is 1. The van der Waals surface area contributed by atoms with E-state index in [9.17, 15) is 9.59 Å². The van der Waals surface area contributed by atoms with Gasteiger partial charge in [0.15, 0.2) is 5.65 Å². The van der Waals surface area contributed by atoms with Crippen LogP contribution in [0.25, 0.3) is 22.4 Å². The number of carbonyl (C=O) groups excluding carboxylic acids is 1. The average molecular weight is 312 g/mol. The highest BCUT2D eigenvalue weighted by molar-refractivity contribution is 5.89. The maximum absolute atomic E-state index is 12.4. The second-order valence-electron chi connectivity index (χ2n) is 5.11. The molecule has 0 spiro atoms. The Hall–Kier alpha value is -2.96. The lowest BCUT2D eigenvalue weighted by Crippen LogP contribution is -2.10. The summed E-state index contributed by atoms with van der Waals surface area (Å²) >= 11 is 0. The number of fused-ring (bicyclic) bond motifs is 1. The minimum atomic E-state index is -0.410. The van der Waals surface area contributed by atoms with E-state index in [0.717, 1.165) is 5.69 Å². The summed E-state index contributed by atoms with van der Waals surface area (Å²) < 4.78 is 6.27. The summed E-state index contributed by atoms with van der Waals surface area (Å²) in [4.78, 5) is 31.1. The van der Waals surface area contributed by atoms with Crippen molar-refractivity contribution in [1.29, 1.82) is 0 Å². The molecular formula is C16H16N4O3. The van der Waals surface area contributed by atoms with Crippen LogP contribution < -0.4 is 5.56 Å². The number of benzene rings is 1. The van der Waals surface area contributed by atoms with Crippen LogP contribution in [0, 0.1) is 0 Å². The molecule has 1 N–H and O–H groups in total. The smallest absolute Gasteiger partial charge is 0.337 e. The molecule has 7 nitrogen and oxygen atoms in total. The molecule has 2 heterocycles. The van der Waals surface area contributed by atoms with Crippen LogP contribution in [0.1, 0.15) is 23.0 Å². The number of rotatable bonds is 3. The summed E-state index contributed by atoms with van der Waals surface area (Å²) in [5, 5.41) is 4.84. The van der Waals surface area contributed by atoms with Crippen molar-refractivity contribution in [3.05, 3.63) is 45.9 Å². The van der Waals surface area contributed by atoms with Crippen molar-refractivity contribution in [1.82, 2.24) is 19.7 Å². The topological polar surface area (TPSA) is 89.9 Å². The Morgan fingerprint density at radius 1 is 1.30 bits per heavy atom. The van der Waals surface area contributed by atoms with Crippen molar-refractivity contribution in [3.63, 3.8) is 0 Å². The molecule has 0 aliphatic carbocycles. The van der Waals surface area contributed by atoms with Gasteiger partial charge in [0.1, 0.15) is 11.2 Å². The molecule has 1 aromatic carbocycles. The first kappa shape index (κ1) is 15.0. The zero-order valence-corrected chi connectivity index (χ0v) is 13.1. The third-order valence-corrected chi connectivity index (χ3v) is 3.68. The van der Waals surface area contributed by atoms with Crippen molar-refractivity contribution < 1.29 is 9.53 Å². The number of ether oxygens (including phenoxy) is 1. The van der Waals surface area contributed by atoms with Gasteiger partial charge in [0.05, 0.1) is 18.4 Å². The zero-order valence-electron chi connectivity index (χ0n) is 13.1. The number of aromatic nitrogens is 4. The SMILES string of the molecule is CCc1nn(C)c2nc(-c3ccc(C(=O)OC)cc3)[nH]c(=O)c12.